The number of rotatable bonds is 5. The van der Waals surface area contributed by atoms with E-state index in [0.717, 1.165) is 0 Å². The number of amides is 2. The van der Waals surface area contributed by atoms with E-state index in [2.05, 4.69) is 5.32 Å². The van der Waals surface area contributed by atoms with Crippen molar-refractivity contribution in [2.24, 2.45) is 5.73 Å². The average molecular weight is 291 g/mol. The number of carbonyl (C=O) groups is 1. The maximum Gasteiger partial charge on any atom is 0.406 e. The maximum absolute atomic E-state index is 12.4. The highest BCUT2D eigenvalue weighted by Gasteiger charge is 2.32. The van der Waals surface area contributed by atoms with Gasteiger partial charge in [0.2, 0.25) is 0 Å². The molecule has 0 aliphatic carbocycles. The number of ether oxygens (including phenoxy) is 1. The minimum atomic E-state index is -4.48. The maximum atomic E-state index is 12.4. The Morgan fingerprint density at radius 2 is 2.05 bits per heavy atom. The van der Waals surface area contributed by atoms with Crippen molar-refractivity contribution in [3.05, 3.63) is 24.3 Å². The van der Waals surface area contributed by atoms with E-state index in [4.69, 9.17) is 10.5 Å². The van der Waals surface area contributed by atoms with Gasteiger partial charge in [-0.15, -0.1) is 0 Å². The zero-order valence-electron chi connectivity index (χ0n) is 10.9. The van der Waals surface area contributed by atoms with E-state index in [1.165, 1.54) is 13.2 Å². The first-order valence-electron chi connectivity index (χ1n) is 5.83. The third-order valence-corrected chi connectivity index (χ3v) is 2.40. The van der Waals surface area contributed by atoms with E-state index in [1.807, 2.05) is 0 Å². The Balaban J connectivity index is 2.80. The van der Waals surface area contributed by atoms with Gasteiger partial charge >= 0.3 is 12.2 Å². The second-order valence-electron chi connectivity index (χ2n) is 3.96. The fraction of sp³-hybridized carbons (Fsp3) is 0.417. The number of methoxy groups -OCH3 is 1. The van der Waals surface area contributed by atoms with Crippen molar-refractivity contribution in [1.82, 2.24) is 4.90 Å². The molecular weight excluding hydrogens is 275 g/mol. The molecule has 20 heavy (non-hydrogen) atoms. The topological polar surface area (TPSA) is 67.6 Å². The number of carbonyl (C=O) groups excluding carboxylic acids is 1. The zero-order chi connectivity index (χ0) is 15.2. The summed E-state index contributed by atoms with van der Waals surface area (Å²) < 4.78 is 42.2. The number of anilines is 1. The van der Waals surface area contributed by atoms with Crippen molar-refractivity contribution in [3.8, 4) is 5.75 Å². The summed E-state index contributed by atoms with van der Waals surface area (Å²) in [5.41, 5.74) is 5.52. The molecule has 0 spiro atoms. The summed E-state index contributed by atoms with van der Waals surface area (Å²) in [6.45, 7) is -1.61. The monoisotopic (exact) mass is 291 g/mol. The standard InChI is InChI=1S/C12H16F3N3O2/c1-20-10-5-3-2-4-9(10)17-11(19)18(7-6-16)8-12(13,14)15/h2-5H,6-8,16H2,1H3,(H,17,19). The number of halogens is 3. The Kier molecular flexibility index (Phi) is 5.63. The minimum Gasteiger partial charge on any atom is -0.495 e. The van der Waals surface area contributed by atoms with Gasteiger partial charge in [0, 0.05) is 13.1 Å². The molecule has 0 aromatic heterocycles. The molecule has 5 nitrogen and oxygen atoms in total. The van der Waals surface area contributed by atoms with Crippen LogP contribution in [0.4, 0.5) is 23.7 Å². The average Bonchev–Trinajstić information content (AvgIpc) is 2.37. The Labute approximate surface area is 114 Å². The predicted octanol–water partition coefficient (Wildman–Crippen LogP) is 2.05. The summed E-state index contributed by atoms with van der Waals surface area (Å²) in [4.78, 5) is 12.5. The number of nitrogens with two attached hydrogens (primary N) is 1. The first-order valence-corrected chi connectivity index (χ1v) is 5.83. The third-order valence-electron chi connectivity index (χ3n) is 2.40. The van der Waals surface area contributed by atoms with Crippen LogP contribution in [0, 0.1) is 0 Å². The van der Waals surface area contributed by atoms with Gasteiger partial charge in [-0.05, 0) is 12.1 Å². The Bertz CT molecular complexity index is 452. The van der Waals surface area contributed by atoms with Crippen LogP contribution < -0.4 is 15.8 Å². The molecule has 1 rings (SSSR count). The molecule has 3 N–H and O–H groups in total. The number of nitrogens with zero attached hydrogens (tertiary/aromatic N) is 1. The molecule has 8 heteroatoms. The quantitative estimate of drug-likeness (QED) is 0.872. The summed E-state index contributed by atoms with van der Waals surface area (Å²) in [5, 5.41) is 2.38. The minimum absolute atomic E-state index is 0.0601. The van der Waals surface area contributed by atoms with E-state index in [9.17, 15) is 18.0 Å². The van der Waals surface area contributed by atoms with Crippen molar-refractivity contribution in [3.63, 3.8) is 0 Å². The molecule has 1 aromatic rings. The number of urea groups is 1. The lowest BCUT2D eigenvalue weighted by Gasteiger charge is -2.24. The highest BCUT2D eigenvalue weighted by atomic mass is 19.4. The lowest BCUT2D eigenvalue weighted by atomic mass is 10.3. The van der Waals surface area contributed by atoms with Crippen LogP contribution in [0.2, 0.25) is 0 Å². The summed E-state index contributed by atoms with van der Waals surface area (Å²) in [6.07, 6.45) is -4.48. The molecule has 0 aliphatic rings. The number of benzene rings is 1. The van der Waals surface area contributed by atoms with Crippen molar-refractivity contribution < 1.29 is 22.7 Å². The Morgan fingerprint density at radius 1 is 1.40 bits per heavy atom. The van der Waals surface area contributed by atoms with E-state index in [0.29, 0.717) is 16.3 Å². The van der Waals surface area contributed by atoms with E-state index in [-0.39, 0.29) is 13.1 Å². The van der Waals surface area contributed by atoms with Gasteiger partial charge in [-0.3, -0.25) is 0 Å². The first kappa shape index (κ1) is 16.1. The molecular formula is C12H16F3N3O2. The molecule has 0 saturated heterocycles. The Morgan fingerprint density at radius 3 is 2.60 bits per heavy atom. The van der Waals surface area contributed by atoms with E-state index in [1.54, 1.807) is 18.2 Å². The third kappa shape index (κ3) is 4.96. The zero-order valence-corrected chi connectivity index (χ0v) is 10.9. The van der Waals surface area contributed by atoms with Gasteiger partial charge < -0.3 is 20.7 Å². The molecule has 0 aliphatic heterocycles. The van der Waals surface area contributed by atoms with Gasteiger partial charge in [0.05, 0.1) is 12.8 Å². The molecule has 2 amide bonds. The van der Waals surface area contributed by atoms with Crippen LogP contribution in [0.3, 0.4) is 0 Å². The van der Waals surface area contributed by atoms with Gasteiger partial charge in [-0.1, -0.05) is 12.1 Å². The van der Waals surface area contributed by atoms with Crippen molar-refractivity contribution >= 4 is 11.7 Å². The SMILES string of the molecule is COc1ccccc1NC(=O)N(CCN)CC(F)(F)F. The predicted molar refractivity (Wildman–Crippen MR) is 68.7 cm³/mol. The second-order valence-corrected chi connectivity index (χ2v) is 3.96. The number of para-hydroxylation sites is 2. The van der Waals surface area contributed by atoms with E-state index >= 15 is 0 Å². The fourth-order valence-electron chi connectivity index (χ4n) is 1.57. The number of hydrogen-bond donors (Lipinski definition) is 2. The number of hydrogen-bond acceptors (Lipinski definition) is 3. The molecule has 1 aromatic carbocycles. The summed E-state index contributed by atoms with van der Waals surface area (Å²) in [6, 6.07) is 5.56. The largest absolute Gasteiger partial charge is 0.495 e. The molecule has 112 valence electrons. The van der Waals surface area contributed by atoms with Crippen LogP contribution in [0.5, 0.6) is 5.75 Å². The molecule has 0 unspecified atom stereocenters. The van der Waals surface area contributed by atoms with Crippen molar-refractivity contribution in [1.29, 1.82) is 0 Å². The molecule has 0 fully saturated rings. The van der Waals surface area contributed by atoms with Crippen LogP contribution in [-0.4, -0.2) is 43.9 Å². The highest BCUT2D eigenvalue weighted by Crippen LogP contribution is 2.24. The Hall–Kier alpha value is -1.96. The van der Waals surface area contributed by atoms with Crippen LogP contribution >= 0.6 is 0 Å². The van der Waals surface area contributed by atoms with Gasteiger partial charge in [-0.25, -0.2) is 4.79 Å². The molecule has 0 heterocycles. The second kappa shape index (κ2) is 6.99. The number of nitrogens with one attached hydrogen (secondary N) is 1. The summed E-state index contributed by atoms with van der Waals surface area (Å²) >= 11 is 0. The van der Waals surface area contributed by atoms with Gasteiger partial charge in [0.1, 0.15) is 12.3 Å². The van der Waals surface area contributed by atoms with Crippen molar-refractivity contribution in [2.75, 3.05) is 32.1 Å². The van der Waals surface area contributed by atoms with Gasteiger partial charge in [0.25, 0.3) is 0 Å². The molecule has 0 radical (unpaired) electrons. The lowest BCUT2D eigenvalue weighted by molar-refractivity contribution is -0.139. The van der Waals surface area contributed by atoms with E-state index < -0.39 is 18.8 Å². The molecule has 0 saturated carbocycles. The smallest absolute Gasteiger partial charge is 0.406 e. The summed E-state index contributed by atoms with van der Waals surface area (Å²) in [5.74, 6) is 0.362. The molecule has 0 bridgehead atoms. The lowest BCUT2D eigenvalue weighted by Crippen LogP contribution is -2.44. The first-order chi connectivity index (χ1) is 9.37. The van der Waals surface area contributed by atoms with Crippen LogP contribution in [0.1, 0.15) is 0 Å². The summed E-state index contributed by atoms with van der Waals surface area (Å²) in [7, 11) is 1.40. The van der Waals surface area contributed by atoms with Gasteiger partial charge in [-0.2, -0.15) is 13.2 Å². The highest BCUT2D eigenvalue weighted by molar-refractivity contribution is 5.91. The fourth-order valence-corrected chi connectivity index (χ4v) is 1.57. The van der Waals surface area contributed by atoms with Crippen LogP contribution in [0.15, 0.2) is 24.3 Å². The van der Waals surface area contributed by atoms with Crippen LogP contribution in [0.25, 0.3) is 0 Å². The van der Waals surface area contributed by atoms with Crippen LogP contribution in [-0.2, 0) is 0 Å². The van der Waals surface area contributed by atoms with Gasteiger partial charge in [0.15, 0.2) is 0 Å². The van der Waals surface area contributed by atoms with Crippen molar-refractivity contribution in [2.45, 2.75) is 6.18 Å². The normalized spacial score (nSPS) is 11.1. The molecule has 0 atom stereocenters. The number of alkyl halides is 3.